The minimum absolute atomic E-state index is 0.0158. The zero-order valence-electron chi connectivity index (χ0n) is 13.7. The largest absolute Gasteiger partial charge is 0.462 e. The molecule has 0 N–H and O–H groups in total. The first-order chi connectivity index (χ1) is 12.6. The maximum absolute atomic E-state index is 13.0. The summed E-state index contributed by atoms with van der Waals surface area (Å²) in [5.41, 5.74) is 0.586. The van der Waals surface area contributed by atoms with Gasteiger partial charge in [-0.25, -0.2) is 4.79 Å². The van der Waals surface area contributed by atoms with Gasteiger partial charge >= 0.3 is 5.97 Å². The Kier molecular flexibility index (Phi) is 3.68. The van der Waals surface area contributed by atoms with Crippen molar-refractivity contribution in [2.24, 2.45) is 0 Å². The van der Waals surface area contributed by atoms with Crippen LogP contribution in [0.1, 0.15) is 55.2 Å². The Labute approximate surface area is 148 Å². The molecule has 126 valence electrons. The van der Waals surface area contributed by atoms with Crippen LogP contribution in [0.5, 0.6) is 0 Å². The van der Waals surface area contributed by atoms with Crippen LogP contribution in [0.4, 0.5) is 0 Å². The van der Waals surface area contributed by atoms with E-state index < -0.39 is 17.5 Å². The van der Waals surface area contributed by atoms with E-state index >= 15 is 0 Å². The van der Waals surface area contributed by atoms with Crippen molar-refractivity contribution in [1.29, 1.82) is 0 Å². The van der Waals surface area contributed by atoms with Gasteiger partial charge in [0.1, 0.15) is 29.0 Å². The van der Waals surface area contributed by atoms with Gasteiger partial charge in [0, 0.05) is 12.3 Å². The first kappa shape index (κ1) is 15.9. The second-order valence-electron chi connectivity index (χ2n) is 5.58. The third-order valence-corrected chi connectivity index (χ3v) is 4.07. The Morgan fingerprint density at radius 3 is 2.85 bits per heavy atom. The Balaban J connectivity index is 1.99. The summed E-state index contributed by atoms with van der Waals surface area (Å²) in [7, 11) is 0. The molecule has 2 aliphatic rings. The number of ketones is 2. The quantitative estimate of drug-likeness (QED) is 0.535. The monoisotopic (exact) mass is 346 g/mol. The van der Waals surface area contributed by atoms with E-state index in [4.69, 9.17) is 9.15 Å². The van der Waals surface area contributed by atoms with Crippen LogP contribution in [-0.2, 0) is 4.74 Å². The summed E-state index contributed by atoms with van der Waals surface area (Å²) in [5, 5.41) is 0. The van der Waals surface area contributed by atoms with Crippen molar-refractivity contribution in [3.63, 3.8) is 0 Å². The fourth-order valence-corrected chi connectivity index (χ4v) is 2.96. The third kappa shape index (κ3) is 2.24. The highest BCUT2D eigenvalue weighted by atomic mass is 16.5. The molecule has 0 radical (unpaired) electrons. The predicted molar refractivity (Wildman–Crippen MR) is 90.7 cm³/mol. The molecule has 0 saturated carbocycles. The molecule has 2 aliphatic carbocycles. The second-order valence-corrected chi connectivity index (χ2v) is 5.58. The molecule has 0 bridgehead atoms. The van der Waals surface area contributed by atoms with Crippen molar-refractivity contribution >= 4 is 23.1 Å². The summed E-state index contributed by atoms with van der Waals surface area (Å²) in [6.07, 6.45) is 10.9. The van der Waals surface area contributed by atoms with E-state index in [-0.39, 0.29) is 40.5 Å². The minimum Gasteiger partial charge on any atom is -0.462 e. The molecule has 0 aliphatic heterocycles. The number of carbonyl (C=O) groups excluding carboxylic acids is 3. The average molecular weight is 346 g/mol. The van der Waals surface area contributed by atoms with Crippen LogP contribution in [-0.4, -0.2) is 29.1 Å². The van der Waals surface area contributed by atoms with Crippen molar-refractivity contribution in [2.45, 2.75) is 6.92 Å². The fourth-order valence-electron chi connectivity index (χ4n) is 2.96. The topological polar surface area (TPSA) is 86.5 Å². The van der Waals surface area contributed by atoms with E-state index in [1.807, 2.05) is 0 Å². The van der Waals surface area contributed by atoms with Crippen LogP contribution < -0.4 is 0 Å². The highest BCUT2D eigenvalue weighted by Gasteiger charge is 2.41. The summed E-state index contributed by atoms with van der Waals surface area (Å²) in [6.45, 7) is 1.79. The van der Waals surface area contributed by atoms with Gasteiger partial charge in [0.15, 0.2) is 17.3 Å². The fraction of sp³-hybridized carbons (Fsp3) is 0.100. The van der Waals surface area contributed by atoms with Gasteiger partial charge in [-0.15, -0.1) is 0 Å². The van der Waals surface area contributed by atoms with Gasteiger partial charge in [-0.2, -0.15) is 0 Å². The number of furan rings is 1. The maximum atomic E-state index is 13.0. The molecular formula is C20H12NO5+. The summed E-state index contributed by atoms with van der Waals surface area (Å²) in [6, 6.07) is 3.07. The van der Waals surface area contributed by atoms with Crippen LogP contribution in [0.2, 0.25) is 0 Å². The number of hydrogen-bond acceptors (Lipinski definition) is 6. The summed E-state index contributed by atoms with van der Waals surface area (Å²) < 4.78 is 10.8. The van der Waals surface area contributed by atoms with E-state index in [2.05, 4.69) is 11.1 Å². The number of pyridine rings is 1. The van der Waals surface area contributed by atoms with Gasteiger partial charge in [0.25, 0.3) is 0 Å². The molecule has 2 heterocycles. The summed E-state index contributed by atoms with van der Waals surface area (Å²) in [5.74, 6) is -1.80. The van der Waals surface area contributed by atoms with E-state index in [9.17, 15) is 14.4 Å². The van der Waals surface area contributed by atoms with Gasteiger partial charge in [0.05, 0.1) is 29.9 Å². The van der Waals surface area contributed by atoms with E-state index in [1.165, 1.54) is 12.3 Å². The third-order valence-electron chi connectivity index (χ3n) is 4.07. The molecule has 4 rings (SSSR count). The molecule has 0 saturated heterocycles. The smallest absolute Gasteiger partial charge is 0.342 e. The highest BCUT2D eigenvalue weighted by molar-refractivity contribution is 6.29. The molecule has 2 aromatic heterocycles. The second kappa shape index (κ2) is 6.02. The minimum atomic E-state index is -0.714. The predicted octanol–water partition coefficient (Wildman–Crippen LogP) is 2.94. The van der Waals surface area contributed by atoms with Crippen LogP contribution in [0.3, 0.4) is 0 Å². The lowest BCUT2D eigenvalue weighted by molar-refractivity contribution is 0.0522. The first-order valence-corrected chi connectivity index (χ1v) is 7.98. The normalized spacial score (nSPS) is 14.4. The van der Waals surface area contributed by atoms with Crippen molar-refractivity contribution in [3.8, 4) is 0 Å². The average Bonchev–Trinajstić information content (AvgIpc) is 3.08. The Hall–Kier alpha value is -3.63. The highest BCUT2D eigenvalue weighted by Crippen LogP contribution is 2.36. The molecular weight excluding hydrogens is 334 g/mol. The molecule has 6 heteroatoms. The maximum Gasteiger partial charge on any atom is 0.342 e. The number of carbonyl (C=O) groups is 3. The van der Waals surface area contributed by atoms with Gasteiger partial charge in [-0.3, -0.25) is 14.6 Å². The van der Waals surface area contributed by atoms with Crippen LogP contribution >= 0.6 is 0 Å². The van der Waals surface area contributed by atoms with Crippen molar-refractivity contribution in [1.82, 2.24) is 4.98 Å². The number of rotatable bonds is 3. The van der Waals surface area contributed by atoms with Crippen molar-refractivity contribution in [2.75, 3.05) is 6.61 Å². The number of ether oxygens (including phenoxy) is 1. The molecule has 0 atom stereocenters. The van der Waals surface area contributed by atoms with Crippen molar-refractivity contribution < 1.29 is 23.5 Å². The lowest BCUT2D eigenvalue weighted by Gasteiger charge is -2.12. The summed E-state index contributed by atoms with van der Waals surface area (Å²) in [4.78, 5) is 42.3. The molecule has 0 aromatic carbocycles. The Bertz CT molecular complexity index is 1050. The number of fused-ring (bicyclic) bond motifs is 2. The lowest BCUT2D eigenvalue weighted by Crippen LogP contribution is -2.23. The molecule has 2 aromatic rings. The summed E-state index contributed by atoms with van der Waals surface area (Å²) >= 11 is 0. The molecule has 6 nitrogen and oxygen atoms in total. The number of aromatic nitrogens is 1. The number of nitrogens with zero attached hydrogens (tertiary/aromatic N) is 1. The van der Waals surface area contributed by atoms with E-state index in [0.29, 0.717) is 5.57 Å². The van der Waals surface area contributed by atoms with Crippen molar-refractivity contribution in [3.05, 3.63) is 82.6 Å². The van der Waals surface area contributed by atoms with E-state index in [0.717, 1.165) is 0 Å². The SMILES string of the molecule is CCOC(=O)c1c(C2=CC=[C+]C=C2)oc2c1C(=O)c1cccnc1C2=O. The van der Waals surface area contributed by atoms with Crippen LogP contribution in [0, 0.1) is 6.08 Å². The molecule has 0 fully saturated rings. The van der Waals surface area contributed by atoms with Gasteiger partial charge in [0.2, 0.25) is 5.78 Å². The number of allylic oxidation sites excluding steroid dienone is 6. The van der Waals surface area contributed by atoms with Crippen LogP contribution in [0.25, 0.3) is 5.57 Å². The first-order valence-electron chi connectivity index (χ1n) is 7.98. The van der Waals surface area contributed by atoms with E-state index in [1.54, 1.807) is 37.3 Å². The molecule has 0 amide bonds. The van der Waals surface area contributed by atoms with Gasteiger partial charge in [-0.1, -0.05) is 0 Å². The number of esters is 1. The molecule has 26 heavy (non-hydrogen) atoms. The standard InChI is InChI=1S/C20H12NO5/c1-2-25-20(24)14-13-16(22)12-9-6-10-21-15(12)17(23)19(13)26-18(14)11-7-4-3-5-8-11/h4-10H,2H2,1H3/q+1. The van der Waals surface area contributed by atoms with Gasteiger partial charge in [-0.05, 0) is 19.1 Å². The zero-order chi connectivity index (χ0) is 18.3. The van der Waals surface area contributed by atoms with Crippen LogP contribution in [0.15, 0.2) is 47.1 Å². The number of hydrogen-bond donors (Lipinski definition) is 0. The lowest BCUT2D eigenvalue weighted by atomic mass is 9.88. The molecule has 0 spiro atoms. The molecule has 0 unspecified atom stereocenters. The van der Waals surface area contributed by atoms with Gasteiger partial charge < -0.3 is 9.15 Å². The zero-order valence-corrected chi connectivity index (χ0v) is 13.7. The Morgan fingerprint density at radius 2 is 2.12 bits per heavy atom. The Morgan fingerprint density at radius 1 is 1.27 bits per heavy atom.